The van der Waals surface area contributed by atoms with Gasteiger partial charge in [-0.15, -0.1) is 0 Å². The van der Waals surface area contributed by atoms with Crippen LogP contribution < -0.4 is 10.6 Å². The van der Waals surface area contributed by atoms with Crippen LogP contribution in [0.1, 0.15) is 12.5 Å². The van der Waals surface area contributed by atoms with E-state index < -0.39 is 0 Å². The lowest BCUT2D eigenvalue weighted by atomic mass is 10.1. The Kier molecular flexibility index (Phi) is 5.66. The zero-order valence-electron chi connectivity index (χ0n) is 11.5. The minimum absolute atomic E-state index is 0.0600. The third-order valence-corrected chi connectivity index (χ3v) is 3.98. The van der Waals surface area contributed by atoms with E-state index in [0.717, 1.165) is 18.7 Å². The molecule has 2 rings (SSSR count). The summed E-state index contributed by atoms with van der Waals surface area (Å²) in [6.45, 7) is 5.58. The van der Waals surface area contributed by atoms with Gasteiger partial charge in [0, 0.05) is 42.8 Å². The maximum absolute atomic E-state index is 12.1. The van der Waals surface area contributed by atoms with Gasteiger partial charge in [0.15, 0.2) is 0 Å². The molecular formula is C14H19Cl2N3O. The maximum Gasteiger partial charge on any atom is 0.238 e. The Hall–Kier alpha value is -0.810. The smallest absolute Gasteiger partial charge is 0.238 e. The predicted molar refractivity (Wildman–Crippen MR) is 82.2 cm³/mol. The summed E-state index contributed by atoms with van der Waals surface area (Å²) in [5.74, 6) is 0.0600. The van der Waals surface area contributed by atoms with Gasteiger partial charge in [0.25, 0.3) is 0 Å². The second-order valence-electron chi connectivity index (χ2n) is 4.82. The first-order valence-corrected chi connectivity index (χ1v) is 7.53. The molecule has 1 atom stereocenters. The van der Waals surface area contributed by atoms with Crippen LogP contribution in [0.4, 0.5) is 0 Å². The maximum atomic E-state index is 12.1. The molecule has 20 heavy (non-hydrogen) atoms. The molecule has 2 N–H and O–H groups in total. The summed E-state index contributed by atoms with van der Waals surface area (Å²) < 4.78 is 0. The van der Waals surface area contributed by atoms with Crippen LogP contribution >= 0.6 is 23.2 Å². The van der Waals surface area contributed by atoms with E-state index in [0.29, 0.717) is 29.7 Å². The number of hydrogen-bond acceptors (Lipinski definition) is 3. The molecule has 1 aromatic carbocycles. The predicted octanol–water partition coefficient (Wildman–Crippen LogP) is 1.90. The standard InChI is InChI=1S/C14H19Cl2N3O/c1-2-18-14(20)13-8-17-5-6-19(13)9-10-3-4-11(15)7-12(10)16/h3-4,7,13,17H,2,5-6,8-9H2,1H3,(H,18,20). The van der Waals surface area contributed by atoms with Gasteiger partial charge in [-0.05, 0) is 24.6 Å². The molecule has 0 radical (unpaired) electrons. The second kappa shape index (κ2) is 7.27. The Labute approximate surface area is 129 Å². The van der Waals surface area contributed by atoms with Crippen LogP contribution in [0.15, 0.2) is 18.2 Å². The Bertz CT molecular complexity index is 481. The Morgan fingerprint density at radius 1 is 1.50 bits per heavy atom. The van der Waals surface area contributed by atoms with Gasteiger partial charge in [-0.3, -0.25) is 9.69 Å². The van der Waals surface area contributed by atoms with Gasteiger partial charge in [0.05, 0.1) is 0 Å². The van der Waals surface area contributed by atoms with E-state index in [4.69, 9.17) is 23.2 Å². The van der Waals surface area contributed by atoms with Crippen molar-refractivity contribution in [2.75, 3.05) is 26.2 Å². The molecule has 0 bridgehead atoms. The number of rotatable bonds is 4. The highest BCUT2D eigenvalue weighted by Gasteiger charge is 2.28. The lowest BCUT2D eigenvalue weighted by molar-refractivity contribution is -0.127. The van der Waals surface area contributed by atoms with Gasteiger partial charge in [-0.25, -0.2) is 0 Å². The summed E-state index contributed by atoms with van der Waals surface area (Å²) in [5.41, 5.74) is 0.993. The molecule has 0 aliphatic carbocycles. The average Bonchev–Trinajstić information content (AvgIpc) is 2.43. The zero-order valence-corrected chi connectivity index (χ0v) is 13.0. The van der Waals surface area contributed by atoms with Crippen molar-refractivity contribution in [2.45, 2.75) is 19.5 Å². The third kappa shape index (κ3) is 3.85. The quantitative estimate of drug-likeness (QED) is 0.892. The van der Waals surface area contributed by atoms with Crippen molar-refractivity contribution >= 4 is 29.1 Å². The van der Waals surface area contributed by atoms with E-state index in [1.807, 2.05) is 19.1 Å². The van der Waals surface area contributed by atoms with Crippen LogP contribution in [0.5, 0.6) is 0 Å². The highest BCUT2D eigenvalue weighted by molar-refractivity contribution is 6.35. The van der Waals surface area contributed by atoms with Crippen molar-refractivity contribution in [3.8, 4) is 0 Å². The van der Waals surface area contributed by atoms with Crippen LogP contribution in [-0.4, -0.2) is 43.0 Å². The van der Waals surface area contributed by atoms with Crippen molar-refractivity contribution < 1.29 is 4.79 Å². The number of nitrogens with zero attached hydrogens (tertiary/aromatic N) is 1. The van der Waals surface area contributed by atoms with Crippen molar-refractivity contribution in [1.82, 2.24) is 15.5 Å². The first kappa shape index (κ1) is 15.6. The minimum Gasteiger partial charge on any atom is -0.355 e. The van der Waals surface area contributed by atoms with Crippen LogP contribution in [-0.2, 0) is 11.3 Å². The van der Waals surface area contributed by atoms with Gasteiger partial charge in [0.2, 0.25) is 5.91 Å². The lowest BCUT2D eigenvalue weighted by Crippen LogP contribution is -2.57. The number of halogens is 2. The average molecular weight is 316 g/mol. The van der Waals surface area contributed by atoms with E-state index in [1.165, 1.54) is 0 Å². The molecule has 0 spiro atoms. The van der Waals surface area contributed by atoms with Gasteiger partial charge in [-0.2, -0.15) is 0 Å². The van der Waals surface area contributed by atoms with Gasteiger partial charge >= 0.3 is 0 Å². The number of piperazine rings is 1. The van der Waals surface area contributed by atoms with E-state index in [1.54, 1.807) is 6.07 Å². The summed E-state index contributed by atoms with van der Waals surface area (Å²) in [4.78, 5) is 14.2. The topological polar surface area (TPSA) is 44.4 Å². The monoisotopic (exact) mass is 315 g/mol. The normalized spacial score (nSPS) is 19.9. The molecule has 0 aromatic heterocycles. The summed E-state index contributed by atoms with van der Waals surface area (Å²) in [5, 5.41) is 7.41. The number of nitrogens with one attached hydrogen (secondary N) is 2. The zero-order chi connectivity index (χ0) is 14.5. The van der Waals surface area contributed by atoms with Gasteiger partial charge < -0.3 is 10.6 Å². The fraction of sp³-hybridized carbons (Fsp3) is 0.500. The molecule has 1 aromatic rings. The first-order valence-electron chi connectivity index (χ1n) is 6.78. The molecule has 1 aliphatic heterocycles. The second-order valence-corrected chi connectivity index (χ2v) is 5.66. The van der Waals surface area contributed by atoms with Gasteiger partial charge in [-0.1, -0.05) is 29.3 Å². The number of benzene rings is 1. The largest absolute Gasteiger partial charge is 0.355 e. The number of likely N-dealkylation sites (N-methyl/N-ethyl adjacent to an activating group) is 1. The molecule has 110 valence electrons. The van der Waals surface area contributed by atoms with Crippen LogP contribution in [0.25, 0.3) is 0 Å². The third-order valence-electron chi connectivity index (χ3n) is 3.40. The molecule has 0 saturated carbocycles. The van der Waals surface area contributed by atoms with E-state index in [2.05, 4.69) is 15.5 Å². The summed E-state index contributed by atoms with van der Waals surface area (Å²) in [6.07, 6.45) is 0. The Morgan fingerprint density at radius 3 is 3.00 bits per heavy atom. The number of amides is 1. The molecule has 1 aliphatic rings. The molecule has 1 fully saturated rings. The highest BCUT2D eigenvalue weighted by atomic mass is 35.5. The minimum atomic E-state index is -0.157. The van der Waals surface area contributed by atoms with E-state index in [-0.39, 0.29) is 11.9 Å². The van der Waals surface area contributed by atoms with E-state index >= 15 is 0 Å². The molecule has 6 heteroatoms. The van der Waals surface area contributed by atoms with Gasteiger partial charge in [0.1, 0.15) is 6.04 Å². The van der Waals surface area contributed by atoms with Crippen molar-refractivity contribution in [3.05, 3.63) is 33.8 Å². The molecule has 1 saturated heterocycles. The summed E-state index contributed by atoms with van der Waals surface area (Å²) >= 11 is 12.1. The van der Waals surface area contributed by atoms with Crippen molar-refractivity contribution in [3.63, 3.8) is 0 Å². The summed E-state index contributed by atoms with van der Waals surface area (Å²) in [6, 6.07) is 5.32. The van der Waals surface area contributed by atoms with Crippen molar-refractivity contribution in [1.29, 1.82) is 0 Å². The Balaban J connectivity index is 2.10. The van der Waals surface area contributed by atoms with Crippen molar-refractivity contribution in [2.24, 2.45) is 0 Å². The first-order chi connectivity index (χ1) is 9.61. The van der Waals surface area contributed by atoms with Crippen LogP contribution in [0.2, 0.25) is 10.0 Å². The van der Waals surface area contributed by atoms with Crippen LogP contribution in [0, 0.1) is 0 Å². The fourth-order valence-electron chi connectivity index (χ4n) is 2.35. The van der Waals surface area contributed by atoms with E-state index in [9.17, 15) is 4.79 Å². The molecule has 4 nitrogen and oxygen atoms in total. The Morgan fingerprint density at radius 2 is 2.30 bits per heavy atom. The van der Waals surface area contributed by atoms with Crippen LogP contribution in [0.3, 0.4) is 0 Å². The number of hydrogen-bond donors (Lipinski definition) is 2. The SMILES string of the molecule is CCNC(=O)C1CNCCN1Cc1ccc(Cl)cc1Cl. The lowest BCUT2D eigenvalue weighted by Gasteiger charge is -2.35. The molecular weight excluding hydrogens is 297 g/mol. The molecule has 1 heterocycles. The highest BCUT2D eigenvalue weighted by Crippen LogP contribution is 2.23. The summed E-state index contributed by atoms with van der Waals surface area (Å²) in [7, 11) is 0. The number of carbonyl (C=O) groups is 1. The molecule has 1 amide bonds. The number of carbonyl (C=O) groups excluding carboxylic acids is 1. The molecule has 1 unspecified atom stereocenters. The fourth-order valence-corrected chi connectivity index (χ4v) is 2.82.